The Morgan fingerprint density at radius 2 is 0.969 bits per heavy atom. The Labute approximate surface area is 378 Å². The molecule has 8 rings (SSSR count). The summed E-state index contributed by atoms with van der Waals surface area (Å²) in [5, 5.41) is 5.15. The van der Waals surface area contributed by atoms with E-state index in [4.69, 9.17) is 33.5 Å². The summed E-state index contributed by atoms with van der Waals surface area (Å²) in [5.41, 5.74) is 9.45. The maximum atomic E-state index is 7.22. The first-order valence-electron chi connectivity index (χ1n) is 22.3. The zero-order valence-electron chi connectivity index (χ0n) is 37.0. The fourth-order valence-electron chi connectivity index (χ4n) is 8.04. The highest BCUT2D eigenvalue weighted by Crippen LogP contribution is 2.35. The fourth-order valence-corrected chi connectivity index (χ4v) is 8.04. The molecule has 4 atom stereocenters. The molecule has 0 spiro atoms. The molecule has 0 saturated carbocycles. The summed E-state index contributed by atoms with van der Waals surface area (Å²) in [7, 11) is 0. The Morgan fingerprint density at radius 3 is 1.48 bits per heavy atom. The van der Waals surface area contributed by atoms with E-state index < -0.39 is 24.4 Å². The van der Waals surface area contributed by atoms with Crippen molar-refractivity contribution in [1.29, 1.82) is 0 Å². The third-order valence-electron chi connectivity index (χ3n) is 11.4. The molecule has 0 amide bonds. The Hall–Kier alpha value is -6.29. The van der Waals surface area contributed by atoms with Crippen molar-refractivity contribution in [2.45, 2.75) is 90.7 Å². The monoisotopic (exact) mass is 854 g/mol. The lowest BCUT2D eigenvalue weighted by Crippen LogP contribution is -2.54. The number of rotatable bonds is 21. The van der Waals surface area contributed by atoms with Crippen LogP contribution in [0.3, 0.4) is 0 Å². The van der Waals surface area contributed by atoms with Gasteiger partial charge in [-0.2, -0.15) is 0 Å². The minimum absolute atomic E-state index is 0.108. The molecule has 1 aliphatic rings. The second-order valence-corrected chi connectivity index (χ2v) is 16.5. The quantitative estimate of drug-likeness (QED) is 0.0667. The molecule has 0 unspecified atom stereocenters. The van der Waals surface area contributed by atoms with Crippen LogP contribution >= 0.6 is 0 Å². The Kier molecular flexibility index (Phi) is 15.5. The van der Waals surface area contributed by atoms with E-state index in [1.54, 1.807) is 0 Å². The minimum Gasteiger partial charge on any atom is -0.489 e. The van der Waals surface area contributed by atoms with E-state index >= 15 is 0 Å². The van der Waals surface area contributed by atoms with E-state index in [2.05, 4.69) is 99.6 Å². The summed E-state index contributed by atoms with van der Waals surface area (Å²) >= 11 is 0. The Balaban J connectivity index is 1.15. The molecule has 7 aromatic rings. The summed E-state index contributed by atoms with van der Waals surface area (Å²) < 4.78 is 42.9. The van der Waals surface area contributed by atoms with Gasteiger partial charge in [-0.3, -0.25) is 4.68 Å². The van der Waals surface area contributed by atoms with Gasteiger partial charge < -0.3 is 28.4 Å². The molecule has 0 fully saturated rings. The van der Waals surface area contributed by atoms with Crippen molar-refractivity contribution >= 4 is 0 Å². The smallest absolute Gasteiger partial charge is 0.237 e. The molecule has 8 nitrogen and oxygen atoms in total. The molecule has 1 aromatic heterocycles. The molecule has 6 aromatic carbocycles. The van der Waals surface area contributed by atoms with Gasteiger partial charge in [0.1, 0.15) is 36.8 Å². The fraction of sp³-hybridized carbons (Fsp3) is 0.268. The number of hydrogen-bond donors (Lipinski definition) is 0. The number of nitrogens with zero attached hydrogens (tertiary/aromatic N) is 2. The van der Waals surface area contributed by atoms with Gasteiger partial charge in [-0.25, -0.2) is 0 Å². The van der Waals surface area contributed by atoms with Crippen molar-refractivity contribution in [2.24, 2.45) is 0 Å². The number of hydrogen-bond acceptors (Lipinski definition) is 7. The van der Waals surface area contributed by atoms with Gasteiger partial charge in [0, 0.05) is 23.7 Å². The minimum atomic E-state index is -0.612. The predicted octanol–water partition coefficient (Wildman–Crippen LogP) is 11.6. The van der Waals surface area contributed by atoms with Gasteiger partial charge in [0.25, 0.3) is 0 Å². The molecule has 0 bridgehead atoms. The van der Waals surface area contributed by atoms with Crippen LogP contribution in [0.4, 0.5) is 0 Å². The summed E-state index contributed by atoms with van der Waals surface area (Å²) in [6, 6.07) is 59.5. The molecule has 0 saturated heterocycles. The van der Waals surface area contributed by atoms with Gasteiger partial charge in [-0.1, -0.05) is 164 Å². The molecule has 8 heteroatoms. The van der Waals surface area contributed by atoms with Crippen LogP contribution < -0.4 is 9.47 Å². The number of ether oxygens (including phenoxy) is 6. The molecule has 1 aliphatic carbocycles. The lowest BCUT2D eigenvalue weighted by molar-refractivity contribution is -0.169. The standard InChI is InChI=1S/C56H58N2O6/c1-41(2)58-42(3)51(33-43-29-31-50(32-30-43)60-36-45-21-11-5-12-22-45)56(57-58)64-52-34-49(40-59-35-44-19-9-4-10-20-44)53(61-37-46-23-13-6-14-24-46)55(63-39-48-27-17-8-18-28-48)54(52)62-38-47-25-15-7-16-26-47/h4-32,34,41,52-55H,33,35-40H2,1-3H3/t52-,53-,54+,55+/m1/s1. The van der Waals surface area contributed by atoms with Crippen LogP contribution in [0.15, 0.2) is 188 Å². The second-order valence-electron chi connectivity index (χ2n) is 16.5. The maximum Gasteiger partial charge on any atom is 0.237 e. The van der Waals surface area contributed by atoms with Crippen molar-refractivity contribution in [3.05, 3.63) is 232 Å². The SMILES string of the molecule is Cc1c(Cc2ccc(OCc3ccccc3)cc2)c(O[C@@H]2C=C(COCc3ccccc3)[C@@H](OCc3ccccc3)[C@H](OCc3ccccc3)[C@H]2OCc2ccccc2)nn1C(C)C. The van der Waals surface area contributed by atoms with Crippen molar-refractivity contribution in [1.82, 2.24) is 9.78 Å². The zero-order chi connectivity index (χ0) is 43.9. The third kappa shape index (κ3) is 12.0. The van der Waals surface area contributed by atoms with Crippen molar-refractivity contribution in [2.75, 3.05) is 6.61 Å². The van der Waals surface area contributed by atoms with Gasteiger partial charge in [0.05, 0.1) is 33.0 Å². The van der Waals surface area contributed by atoms with Gasteiger partial charge in [-0.05, 0) is 77.9 Å². The van der Waals surface area contributed by atoms with Crippen LogP contribution in [-0.4, -0.2) is 40.8 Å². The summed E-state index contributed by atoms with van der Waals surface area (Å²) in [6.07, 6.45) is 0.434. The van der Waals surface area contributed by atoms with Crippen LogP contribution in [-0.2, 0) is 58.4 Å². The average Bonchev–Trinajstić information content (AvgIpc) is 3.64. The van der Waals surface area contributed by atoms with Crippen molar-refractivity contribution in [3.63, 3.8) is 0 Å². The van der Waals surface area contributed by atoms with E-state index in [0.717, 1.165) is 56.0 Å². The normalized spacial score (nSPS) is 17.3. The molecule has 1 heterocycles. The molecular weight excluding hydrogens is 797 g/mol. The van der Waals surface area contributed by atoms with Gasteiger partial charge in [0.15, 0.2) is 0 Å². The van der Waals surface area contributed by atoms with Crippen molar-refractivity contribution in [3.8, 4) is 11.6 Å². The first-order chi connectivity index (χ1) is 31.5. The highest BCUT2D eigenvalue weighted by molar-refractivity contribution is 5.39. The number of benzene rings is 6. The van der Waals surface area contributed by atoms with E-state index in [9.17, 15) is 0 Å². The third-order valence-corrected chi connectivity index (χ3v) is 11.4. The van der Waals surface area contributed by atoms with E-state index in [1.165, 1.54) is 0 Å². The van der Waals surface area contributed by atoms with Crippen LogP contribution in [0.5, 0.6) is 11.6 Å². The highest BCUT2D eigenvalue weighted by atomic mass is 16.6. The summed E-state index contributed by atoms with van der Waals surface area (Å²) in [4.78, 5) is 0. The first kappa shape index (κ1) is 44.3. The lowest BCUT2D eigenvalue weighted by atomic mass is 9.88. The Bertz CT molecular complexity index is 2480. The molecule has 0 aliphatic heterocycles. The topological polar surface area (TPSA) is 73.2 Å². The summed E-state index contributed by atoms with van der Waals surface area (Å²) in [6.45, 7) is 8.73. The van der Waals surface area contributed by atoms with E-state index in [1.807, 2.05) is 108 Å². The van der Waals surface area contributed by atoms with Gasteiger partial charge in [-0.15, -0.1) is 5.10 Å². The van der Waals surface area contributed by atoms with Crippen LogP contribution in [0.1, 0.15) is 64.5 Å². The maximum absolute atomic E-state index is 7.22. The predicted molar refractivity (Wildman–Crippen MR) is 251 cm³/mol. The van der Waals surface area contributed by atoms with Crippen LogP contribution in [0, 0.1) is 6.92 Å². The van der Waals surface area contributed by atoms with Gasteiger partial charge in [0.2, 0.25) is 5.88 Å². The lowest BCUT2D eigenvalue weighted by Gasteiger charge is -2.41. The van der Waals surface area contributed by atoms with E-state index in [0.29, 0.717) is 51.9 Å². The summed E-state index contributed by atoms with van der Waals surface area (Å²) in [5.74, 6) is 1.37. The van der Waals surface area contributed by atoms with Gasteiger partial charge >= 0.3 is 0 Å². The average molecular weight is 855 g/mol. The number of aromatic nitrogens is 2. The highest BCUT2D eigenvalue weighted by Gasteiger charge is 2.45. The molecular formula is C56H58N2O6. The van der Waals surface area contributed by atoms with Crippen LogP contribution in [0.25, 0.3) is 0 Å². The zero-order valence-corrected chi connectivity index (χ0v) is 37.0. The molecule has 0 N–H and O–H groups in total. The second kappa shape index (κ2) is 22.4. The molecule has 328 valence electrons. The van der Waals surface area contributed by atoms with Crippen molar-refractivity contribution < 1.29 is 28.4 Å². The van der Waals surface area contributed by atoms with Crippen LogP contribution in [0.2, 0.25) is 0 Å². The molecule has 0 radical (unpaired) electrons. The Morgan fingerprint density at radius 1 is 0.500 bits per heavy atom. The van der Waals surface area contributed by atoms with E-state index in [-0.39, 0.29) is 6.04 Å². The largest absolute Gasteiger partial charge is 0.489 e. The first-order valence-corrected chi connectivity index (χ1v) is 22.3. The molecule has 64 heavy (non-hydrogen) atoms.